The van der Waals surface area contributed by atoms with Gasteiger partial charge in [-0.05, 0) is 38.0 Å². The van der Waals surface area contributed by atoms with Crippen molar-refractivity contribution in [3.05, 3.63) is 29.3 Å². The lowest BCUT2D eigenvalue weighted by atomic mass is 10.1. The second kappa shape index (κ2) is 7.53. The fourth-order valence-electron chi connectivity index (χ4n) is 1.67. The van der Waals surface area contributed by atoms with Gasteiger partial charge in [0.2, 0.25) is 5.91 Å². The van der Waals surface area contributed by atoms with Crippen LogP contribution in [0.25, 0.3) is 0 Å². The molecule has 0 aliphatic heterocycles. The Bertz CT molecular complexity index is 486. The minimum Gasteiger partial charge on any atom is -0.507 e. The minimum absolute atomic E-state index is 0.0495. The normalized spacial score (nSPS) is 11.8. The molecule has 0 spiro atoms. The summed E-state index contributed by atoms with van der Waals surface area (Å²) in [6.07, 6.45) is 1.10. The van der Waals surface area contributed by atoms with Crippen molar-refractivity contribution in [2.75, 3.05) is 6.54 Å². The predicted molar refractivity (Wildman–Crippen MR) is 77.7 cm³/mol. The Hall–Kier alpha value is -2.04. The quantitative estimate of drug-likeness (QED) is 0.741. The number of rotatable bonds is 6. The summed E-state index contributed by atoms with van der Waals surface area (Å²) >= 11 is 0. The Morgan fingerprint density at radius 2 is 2.05 bits per heavy atom. The molecule has 0 saturated carbocycles. The number of carbonyl (C=O) groups excluding carboxylic acids is 2. The number of benzene rings is 1. The number of aromatic hydroxyl groups is 1. The van der Waals surface area contributed by atoms with Crippen molar-refractivity contribution in [1.29, 1.82) is 0 Å². The lowest BCUT2D eigenvalue weighted by Gasteiger charge is -2.11. The van der Waals surface area contributed by atoms with E-state index < -0.39 is 0 Å². The van der Waals surface area contributed by atoms with E-state index >= 15 is 0 Å². The maximum Gasteiger partial charge on any atom is 0.255 e. The van der Waals surface area contributed by atoms with Gasteiger partial charge in [-0.3, -0.25) is 9.59 Å². The van der Waals surface area contributed by atoms with Crippen molar-refractivity contribution < 1.29 is 14.7 Å². The molecule has 1 aromatic carbocycles. The summed E-state index contributed by atoms with van der Waals surface area (Å²) < 4.78 is 0. The fraction of sp³-hybridized carbons (Fsp3) is 0.467. The maximum absolute atomic E-state index is 11.8. The third-order valence-corrected chi connectivity index (χ3v) is 3.06. The van der Waals surface area contributed by atoms with Crippen LogP contribution < -0.4 is 10.6 Å². The number of aryl methyl sites for hydroxylation is 1. The topological polar surface area (TPSA) is 78.4 Å². The highest BCUT2D eigenvalue weighted by Crippen LogP contribution is 2.17. The molecular formula is C15H22N2O3. The molecule has 0 aliphatic rings. The summed E-state index contributed by atoms with van der Waals surface area (Å²) in [6, 6.07) is 4.99. The number of phenolic OH excluding ortho intramolecular Hbond substituents is 1. The van der Waals surface area contributed by atoms with E-state index in [2.05, 4.69) is 10.6 Å². The molecule has 0 unspecified atom stereocenters. The Labute approximate surface area is 119 Å². The highest BCUT2D eigenvalue weighted by Gasteiger charge is 2.11. The summed E-state index contributed by atoms with van der Waals surface area (Å²) in [6.45, 7) is 6.00. The van der Waals surface area contributed by atoms with Gasteiger partial charge in [-0.15, -0.1) is 0 Å². The van der Waals surface area contributed by atoms with E-state index in [1.165, 1.54) is 6.07 Å². The van der Waals surface area contributed by atoms with Crippen LogP contribution in [0.4, 0.5) is 0 Å². The first-order chi connectivity index (χ1) is 9.43. The molecule has 1 rings (SSSR count). The molecule has 0 saturated heterocycles. The highest BCUT2D eigenvalue weighted by molar-refractivity contribution is 5.97. The van der Waals surface area contributed by atoms with Crippen molar-refractivity contribution in [1.82, 2.24) is 10.6 Å². The van der Waals surface area contributed by atoms with Gasteiger partial charge in [-0.1, -0.05) is 13.0 Å². The zero-order valence-corrected chi connectivity index (χ0v) is 12.2. The first-order valence-corrected chi connectivity index (χ1v) is 6.81. The lowest BCUT2D eigenvalue weighted by Crippen LogP contribution is -2.35. The van der Waals surface area contributed by atoms with E-state index in [-0.39, 0.29) is 42.1 Å². The van der Waals surface area contributed by atoms with Crippen LogP contribution in [0, 0.1) is 6.92 Å². The maximum atomic E-state index is 11.8. The number of carbonyl (C=O) groups is 2. The summed E-state index contributed by atoms with van der Waals surface area (Å²) in [5.74, 6) is -0.516. The smallest absolute Gasteiger partial charge is 0.255 e. The van der Waals surface area contributed by atoms with Crippen LogP contribution in [0.1, 0.15) is 42.6 Å². The molecule has 0 fully saturated rings. The second-order valence-corrected chi connectivity index (χ2v) is 4.90. The number of hydrogen-bond acceptors (Lipinski definition) is 3. The number of phenols is 1. The molecule has 20 heavy (non-hydrogen) atoms. The van der Waals surface area contributed by atoms with E-state index in [4.69, 9.17) is 0 Å². The van der Waals surface area contributed by atoms with Crippen LogP contribution in [0.3, 0.4) is 0 Å². The number of nitrogens with one attached hydrogen (secondary N) is 2. The van der Waals surface area contributed by atoms with Crippen LogP contribution in [0.5, 0.6) is 5.75 Å². The Morgan fingerprint density at radius 3 is 2.65 bits per heavy atom. The van der Waals surface area contributed by atoms with Gasteiger partial charge in [0.1, 0.15) is 5.75 Å². The van der Waals surface area contributed by atoms with Crippen molar-refractivity contribution >= 4 is 11.8 Å². The SMILES string of the molecule is CC[C@@H](C)NC(=O)CCNC(=O)c1ccc(C)cc1O. The van der Waals surface area contributed by atoms with Gasteiger partial charge in [-0.2, -0.15) is 0 Å². The molecule has 0 aromatic heterocycles. The molecule has 1 aromatic rings. The van der Waals surface area contributed by atoms with Crippen LogP contribution in [0.15, 0.2) is 18.2 Å². The van der Waals surface area contributed by atoms with Crippen molar-refractivity contribution in [2.45, 2.75) is 39.7 Å². The zero-order valence-electron chi connectivity index (χ0n) is 12.2. The third kappa shape index (κ3) is 4.91. The predicted octanol–water partition coefficient (Wildman–Crippen LogP) is 1.74. The van der Waals surface area contributed by atoms with Gasteiger partial charge < -0.3 is 15.7 Å². The van der Waals surface area contributed by atoms with Gasteiger partial charge >= 0.3 is 0 Å². The second-order valence-electron chi connectivity index (χ2n) is 4.90. The molecule has 0 heterocycles. The Balaban J connectivity index is 2.42. The van der Waals surface area contributed by atoms with E-state index in [0.717, 1.165) is 12.0 Å². The molecular weight excluding hydrogens is 256 g/mol. The summed E-state index contributed by atoms with van der Waals surface area (Å²) in [4.78, 5) is 23.4. The number of amides is 2. The van der Waals surface area contributed by atoms with Crippen LogP contribution in [-0.2, 0) is 4.79 Å². The summed E-state index contributed by atoms with van der Waals surface area (Å²) in [5.41, 5.74) is 1.10. The molecule has 2 amide bonds. The first-order valence-electron chi connectivity index (χ1n) is 6.81. The third-order valence-electron chi connectivity index (χ3n) is 3.06. The molecule has 1 atom stereocenters. The van der Waals surface area contributed by atoms with Crippen molar-refractivity contribution in [3.8, 4) is 5.75 Å². The zero-order chi connectivity index (χ0) is 15.1. The molecule has 0 aliphatic carbocycles. The van der Waals surface area contributed by atoms with E-state index in [9.17, 15) is 14.7 Å². The standard InChI is InChI=1S/C15H22N2O3/c1-4-11(3)17-14(19)7-8-16-15(20)12-6-5-10(2)9-13(12)18/h5-6,9,11,18H,4,7-8H2,1-3H3,(H,16,20)(H,17,19)/t11-/m1/s1. The molecule has 0 radical (unpaired) electrons. The monoisotopic (exact) mass is 278 g/mol. The van der Waals surface area contributed by atoms with Crippen molar-refractivity contribution in [3.63, 3.8) is 0 Å². The molecule has 0 bridgehead atoms. The average Bonchev–Trinajstić information content (AvgIpc) is 2.38. The Kier molecular flexibility index (Phi) is 6.03. The highest BCUT2D eigenvalue weighted by atomic mass is 16.3. The minimum atomic E-state index is -0.376. The first kappa shape index (κ1) is 16.0. The van der Waals surface area contributed by atoms with Crippen molar-refractivity contribution in [2.24, 2.45) is 0 Å². The summed E-state index contributed by atoms with van der Waals surface area (Å²) in [7, 11) is 0. The van der Waals surface area contributed by atoms with Crippen LogP contribution >= 0.6 is 0 Å². The largest absolute Gasteiger partial charge is 0.507 e. The van der Waals surface area contributed by atoms with Gasteiger partial charge in [0.05, 0.1) is 5.56 Å². The fourth-order valence-corrected chi connectivity index (χ4v) is 1.67. The van der Waals surface area contributed by atoms with Crippen LogP contribution in [-0.4, -0.2) is 29.5 Å². The van der Waals surface area contributed by atoms with Gasteiger partial charge in [0.25, 0.3) is 5.91 Å². The molecule has 110 valence electrons. The molecule has 5 heteroatoms. The molecule has 3 N–H and O–H groups in total. The van der Waals surface area contributed by atoms with Gasteiger partial charge in [-0.25, -0.2) is 0 Å². The summed E-state index contributed by atoms with van der Waals surface area (Å²) in [5, 5.41) is 15.1. The molecule has 5 nitrogen and oxygen atoms in total. The number of hydrogen-bond donors (Lipinski definition) is 3. The van der Waals surface area contributed by atoms with E-state index in [0.29, 0.717) is 0 Å². The van der Waals surface area contributed by atoms with Crippen LogP contribution in [0.2, 0.25) is 0 Å². The average molecular weight is 278 g/mol. The van der Waals surface area contributed by atoms with Gasteiger partial charge in [0, 0.05) is 19.0 Å². The lowest BCUT2D eigenvalue weighted by molar-refractivity contribution is -0.121. The Morgan fingerprint density at radius 1 is 1.35 bits per heavy atom. The van der Waals surface area contributed by atoms with Gasteiger partial charge in [0.15, 0.2) is 0 Å². The van der Waals surface area contributed by atoms with E-state index in [1.807, 2.05) is 20.8 Å². The van der Waals surface area contributed by atoms with E-state index in [1.54, 1.807) is 12.1 Å².